The molecular weight excluding hydrogens is 234 g/mol. The summed E-state index contributed by atoms with van der Waals surface area (Å²) in [5.74, 6) is 0.707. The Morgan fingerprint density at radius 1 is 1.28 bits per heavy atom. The summed E-state index contributed by atoms with van der Waals surface area (Å²) in [4.78, 5) is 24.5. The Balaban J connectivity index is 1.71. The Morgan fingerprint density at radius 2 is 2.00 bits per heavy atom. The number of nitrogens with zero attached hydrogens (tertiary/aromatic N) is 1. The molecule has 0 aromatic carbocycles. The van der Waals surface area contributed by atoms with Gasteiger partial charge in [0.1, 0.15) is 6.10 Å². The summed E-state index contributed by atoms with van der Waals surface area (Å²) in [6.07, 6.45) is 2.26. The van der Waals surface area contributed by atoms with Crippen LogP contribution in [0.1, 0.15) is 25.7 Å². The number of carbonyl (C=O) groups excluding carboxylic acids is 2. The first-order valence-electron chi connectivity index (χ1n) is 6.59. The molecule has 0 aromatic rings. The van der Waals surface area contributed by atoms with E-state index in [1.807, 2.05) is 4.90 Å². The maximum Gasteiger partial charge on any atom is 0.404 e. The maximum absolute atomic E-state index is 12.0. The van der Waals surface area contributed by atoms with Crippen LogP contribution in [-0.2, 0) is 9.53 Å². The molecule has 6 nitrogen and oxygen atoms in total. The van der Waals surface area contributed by atoms with Crippen molar-refractivity contribution in [1.29, 1.82) is 0 Å². The van der Waals surface area contributed by atoms with Crippen LogP contribution in [0.5, 0.6) is 0 Å². The van der Waals surface area contributed by atoms with Gasteiger partial charge in [-0.05, 0) is 25.4 Å². The largest absolute Gasteiger partial charge is 0.446 e. The number of rotatable bonds is 3. The Hall–Kier alpha value is -1.30. The van der Waals surface area contributed by atoms with E-state index in [1.54, 1.807) is 0 Å². The average molecular weight is 255 g/mol. The highest BCUT2D eigenvalue weighted by atomic mass is 16.6. The normalized spacial score (nSPS) is 25.1. The molecule has 2 aliphatic rings. The predicted molar refractivity (Wildman–Crippen MR) is 65.9 cm³/mol. The Morgan fingerprint density at radius 3 is 2.56 bits per heavy atom. The number of primary amides is 1. The highest BCUT2D eigenvalue weighted by Crippen LogP contribution is 2.18. The highest BCUT2D eigenvalue weighted by molar-refractivity contribution is 5.76. The van der Waals surface area contributed by atoms with Gasteiger partial charge in [0.15, 0.2) is 0 Å². The molecule has 0 spiro atoms. The van der Waals surface area contributed by atoms with Crippen molar-refractivity contribution in [2.24, 2.45) is 11.7 Å². The lowest BCUT2D eigenvalue weighted by atomic mass is 10.0. The van der Waals surface area contributed by atoms with Gasteiger partial charge in [0, 0.05) is 32.4 Å². The Labute approximate surface area is 107 Å². The van der Waals surface area contributed by atoms with Crippen molar-refractivity contribution in [2.45, 2.75) is 31.8 Å². The van der Waals surface area contributed by atoms with E-state index in [1.165, 1.54) is 0 Å². The number of hydrogen-bond donors (Lipinski definition) is 2. The fourth-order valence-electron chi connectivity index (χ4n) is 2.65. The zero-order chi connectivity index (χ0) is 13.0. The topological polar surface area (TPSA) is 84.7 Å². The van der Waals surface area contributed by atoms with Crippen molar-refractivity contribution in [3.8, 4) is 0 Å². The van der Waals surface area contributed by atoms with E-state index in [9.17, 15) is 9.59 Å². The Kier molecular flexibility index (Phi) is 4.41. The van der Waals surface area contributed by atoms with Gasteiger partial charge in [0.25, 0.3) is 0 Å². The standard InChI is InChI=1S/C12H21N3O3/c13-12(17)18-10-2-5-15(6-3-10)11(16)7-9-1-4-14-8-9/h9-10,14H,1-8H2,(H2,13,17). The molecule has 2 aliphatic heterocycles. The molecule has 0 bridgehead atoms. The molecule has 0 aromatic heterocycles. The number of ether oxygens (including phenoxy) is 1. The lowest BCUT2D eigenvalue weighted by Crippen LogP contribution is -2.42. The third-order valence-corrected chi connectivity index (χ3v) is 3.70. The first kappa shape index (κ1) is 13.1. The number of hydrogen-bond acceptors (Lipinski definition) is 4. The number of nitrogens with one attached hydrogen (secondary N) is 1. The first-order valence-corrected chi connectivity index (χ1v) is 6.59. The zero-order valence-electron chi connectivity index (χ0n) is 10.6. The van der Waals surface area contributed by atoms with Crippen LogP contribution in [0.2, 0.25) is 0 Å². The molecule has 0 radical (unpaired) electrons. The molecule has 0 aliphatic carbocycles. The fraction of sp³-hybridized carbons (Fsp3) is 0.833. The number of piperidine rings is 1. The molecule has 2 fully saturated rings. The van der Waals surface area contributed by atoms with Crippen molar-refractivity contribution in [3.05, 3.63) is 0 Å². The summed E-state index contributed by atoms with van der Waals surface area (Å²) in [6.45, 7) is 3.30. The van der Waals surface area contributed by atoms with Crippen molar-refractivity contribution < 1.29 is 14.3 Å². The number of carbonyl (C=O) groups is 2. The summed E-state index contributed by atoms with van der Waals surface area (Å²) >= 11 is 0. The third-order valence-electron chi connectivity index (χ3n) is 3.70. The molecule has 1 atom stereocenters. The summed E-state index contributed by atoms with van der Waals surface area (Å²) in [5.41, 5.74) is 4.98. The van der Waals surface area contributed by atoms with Gasteiger partial charge in [-0.1, -0.05) is 0 Å². The zero-order valence-corrected chi connectivity index (χ0v) is 10.6. The minimum Gasteiger partial charge on any atom is -0.446 e. The van der Waals surface area contributed by atoms with E-state index in [0.29, 0.717) is 38.3 Å². The maximum atomic E-state index is 12.0. The van der Waals surface area contributed by atoms with Gasteiger partial charge in [-0.15, -0.1) is 0 Å². The van der Waals surface area contributed by atoms with Crippen LogP contribution in [0, 0.1) is 5.92 Å². The van der Waals surface area contributed by atoms with Crippen LogP contribution in [0.4, 0.5) is 4.79 Å². The minimum absolute atomic E-state index is 0.125. The Bertz CT molecular complexity index is 308. The molecule has 2 heterocycles. The molecule has 2 saturated heterocycles. The van der Waals surface area contributed by atoms with E-state index in [2.05, 4.69) is 5.32 Å². The monoisotopic (exact) mass is 255 g/mol. The van der Waals surface area contributed by atoms with Gasteiger partial charge in [-0.25, -0.2) is 4.79 Å². The van der Waals surface area contributed by atoms with Crippen LogP contribution in [0.25, 0.3) is 0 Å². The average Bonchev–Trinajstić information content (AvgIpc) is 2.82. The van der Waals surface area contributed by atoms with Crippen LogP contribution in [0.3, 0.4) is 0 Å². The van der Waals surface area contributed by atoms with Gasteiger partial charge in [0.05, 0.1) is 0 Å². The van der Waals surface area contributed by atoms with E-state index in [-0.39, 0.29) is 12.0 Å². The van der Waals surface area contributed by atoms with E-state index in [0.717, 1.165) is 19.5 Å². The third kappa shape index (κ3) is 3.60. The molecular formula is C12H21N3O3. The molecule has 102 valence electrons. The van der Waals surface area contributed by atoms with Crippen molar-refractivity contribution in [2.75, 3.05) is 26.2 Å². The van der Waals surface area contributed by atoms with Crippen LogP contribution in [-0.4, -0.2) is 49.2 Å². The predicted octanol–water partition coefficient (Wildman–Crippen LogP) is 0.0723. The SMILES string of the molecule is NC(=O)OC1CCN(C(=O)CC2CCNC2)CC1. The highest BCUT2D eigenvalue weighted by Gasteiger charge is 2.26. The number of likely N-dealkylation sites (tertiary alicyclic amines) is 1. The van der Waals surface area contributed by atoms with Gasteiger partial charge in [-0.2, -0.15) is 0 Å². The molecule has 1 unspecified atom stereocenters. The molecule has 2 amide bonds. The van der Waals surface area contributed by atoms with E-state index < -0.39 is 6.09 Å². The number of nitrogens with two attached hydrogens (primary N) is 1. The fourth-order valence-corrected chi connectivity index (χ4v) is 2.65. The summed E-state index contributed by atoms with van der Waals surface area (Å²) < 4.78 is 4.94. The van der Waals surface area contributed by atoms with Gasteiger partial charge < -0.3 is 20.7 Å². The molecule has 0 saturated carbocycles. The smallest absolute Gasteiger partial charge is 0.404 e. The van der Waals surface area contributed by atoms with Crippen molar-refractivity contribution >= 4 is 12.0 Å². The van der Waals surface area contributed by atoms with E-state index in [4.69, 9.17) is 10.5 Å². The second-order valence-electron chi connectivity index (χ2n) is 5.08. The van der Waals surface area contributed by atoms with Gasteiger partial charge in [0.2, 0.25) is 5.91 Å². The summed E-state index contributed by atoms with van der Waals surface area (Å²) in [5, 5.41) is 3.27. The van der Waals surface area contributed by atoms with Gasteiger partial charge >= 0.3 is 6.09 Å². The second kappa shape index (κ2) is 6.04. The second-order valence-corrected chi connectivity index (χ2v) is 5.08. The van der Waals surface area contributed by atoms with Crippen LogP contribution in [0.15, 0.2) is 0 Å². The van der Waals surface area contributed by atoms with Gasteiger partial charge in [-0.3, -0.25) is 4.79 Å². The van der Waals surface area contributed by atoms with Crippen molar-refractivity contribution in [1.82, 2.24) is 10.2 Å². The van der Waals surface area contributed by atoms with E-state index >= 15 is 0 Å². The molecule has 18 heavy (non-hydrogen) atoms. The van der Waals surface area contributed by atoms with Crippen LogP contribution < -0.4 is 11.1 Å². The lowest BCUT2D eigenvalue weighted by molar-refractivity contribution is -0.134. The quantitative estimate of drug-likeness (QED) is 0.747. The molecule has 6 heteroatoms. The summed E-state index contributed by atoms with van der Waals surface area (Å²) in [7, 11) is 0. The molecule has 2 rings (SSSR count). The summed E-state index contributed by atoms with van der Waals surface area (Å²) in [6, 6.07) is 0. The number of amides is 2. The van der Waals surface area contributed by atoms with Crippen molar-refractivity contribution in [3.63, 3.8) is 0 Å². The first-order chi connectivity index (χ1) is 8.65. The van der Waals surface area contributed by atoms with Crippen LogP contribution >= 0.6 is 0 Å². The molecule has 3 N–H and O–H groups in total. The lowest BCUT2D eigenvalue weighted by Gasteiger charge is -2.32. The minimum atomic E-state index is -0.725.